The van der Waals surface area contributed by atoms with Gasteiger partial charge in [-0.05, 0) is 20.8 Å². The van der Waals surface area contributed by atoms with Crippen molar-refractivity contribution in [2.45, 2.75) is 39.3 Å². The number of fused-ring (bicyclic) bond motifs is 1. The van der Waals surface area contributed by atoms with E-state index in [0.29, 0.717) is 19.6 Å². The Morgan fingerprint density at radius 1 is 1.00 bits per heavy atom. The Kier molecular flexibility index (Phi) is 4.22. The van der Waals surface area contributed by atoms with Crippen LogP contribution in [0.1, 0.15) is 27.7 Å². The Bertz CT molecular complexity index is 392. The van der Waals surface area contributed by atoms with Crippen LogP contribution >= 0.6 is 0 Å². The molecule has 6 nitrogen and oxygen atoms in total. The lowest BCUT2D eigenvalue weighted by atomic mass is 10.1. The van der Waals surface area contributed by atoms with Crippen molar-refractivity contribution in [3.63, 3.8) is 0 Å². The maximum atomic E-state index is 12.1. The van der Waals surface area contributed by atoms with Gasteiger partial charge in [-0.3, -0.25) is 9.69 Å². The van der Waals surface area contributed by atoms with E-state index in [4.69, 9.17) is 4.74 Å². The van der Waals surface area contributed by atoms with Gasteiger partial charge in [0.2, 0.25) is 5.91 Å². The van der Waals surface area contributed by atoms with E-state index in [1.165, 1.54) is 0 Å². The summed E-state index contributed by atoms with van der Waals surface area (Å²) in [4.78, 5) is 29.6. The van der Waals surface area contributed by atoms with Crippen LogP contribution in [0.2, 0.25) is 0 Å². The summed E-state index contributed by atoms with van der Waals surface area (Å²) in [5.41, 5.74) is -0.466. The monoisotopic (exact) mass is 283 g/mol. The topological polar surface area (TPSA) is 53.1 Å². The number of rotatable bonds is 0. The SMILES string of the molecule is CC(=O)N1CCN2CCN(C(=O)OC(C)(C)C)CC2C1. The highest BCUT2D eigenvalue weighted by Crippen LogP contribution is 2.18. The van der Waals surface area contributed by atoms with E-state index in [0.717, 1.165) is 19.6 Å². The average molecular weight is 283 g/mol. The zero-order chi connectivity index (χ0) is 14.9. The number of carbonyl (C=O) groups is 2. The van der Waals surface area contributed by atoms with E-state index in [1.54, 1.807) is 11.8 Å². The molecular weight excluding hydrogens is 258 g/mol. The number of hydrogen-bond donors (Lipinski definition) is 0. The van der Waals surface area contributed by atoms with Crippen LogP contribution in [0.3, 0.4) is 0 Å². The molecule has 0 saturated carbocycles. The van der Waals surface area contributed by atoms with E-state index in [9.17, 15) is 9.59 Å². The number of piperazine rings is 2. The van der Waals surface area contributed by atoms with E-state index in [1.807, 2.05) is 25.7 Å². The lowest BCUT2D eigenvalue weighted by molar-refractivity contribution is -0.132. The van der Waals surface area contributed by atoms with Crippen LogP contribution in [0.15, 0.2) is 0 Å². The van der Waals surface area contributed by atoms with Crippen LogP contribution in [0.25, 0.3) is 0 Å². The molecule has 0 aliphatic carbocycles. The fourth-order valence-corrected chi connectivity index (χ4v) is 2.73. The summed E-state index contributed by atoms with van der Waals surface area (Å²) in [5, 5.41) is 0. The Balaban J connectivity index is 1.94. The first kappa shape index (κ1) is 15.1. The first-order chi connectivity index (χ1) is 9.26. The normalized spacial score (nSPS) is 24.3. The summed E-state index contributed by atoms with van der Waals surface area (Å²) >= 11 is 0. The number of nitrogens with zero attached hydrogens (tertiary/aromatic N) is 3. The van der Waals surface area contributed by atoms with Crippen molar-refractivity contribution >= 4 is 12.0 Å². The van der Waals surface area contributed by atoms with Gasteiger partial charge >= 0.3 is 6.09 Å². The third-order valence-corrected chi connectivity index (χ3v) is 3.79. The van der Waals surface area contributed by atoms with Crippen molar-refractivity contribution in [2.24, 2.45) is 0 Å². The predicted octanol–water partition coefficient (Wildman–Crippen LogP) is 0.770. The van der Waals surface area contributed by atoms with Gasteiger partial charge in [-0.25, -0.2) is 4.79 Å². The zero-order valence-electron chi connectivity index (χ0n) is 12.9. The zero-order valence-corrected chi connectivity index (χ0v) is 12.9. The van der Waals surface area contributed by atoms with E-state index in [-0.39, 0.29) is 18.0 Å². The lowest BCUT2D eigenvalue weighted by Gasteiger charge is -2.47. The van der Waals surface area contributed by atoms with Crippen molar-refractivity contribution in [1.29, 1.82) is 0 Å². The molecule has 0 aromatic rings. The fourth-order valence-electron chi connectivity index (χ4n) is 2.73. The molecule has 0 spiro atoms. The second kappa shape index (κ2) is 5.60. The highest BCUT2D eigenvalue weighted by atomic mass is 16.6. The molecule has 0 aromatic heterocycles. The number of carbonyl (C=O) groups excluding carboxylic acids is 2. The lowest BCUT2D eigenvalue weighted by Crippen LogP contribution is -2.63. The van der Waals surface area contributed by atoms with Crippen LogP contribution in [0.4, 0.5) is 4.79 Å². The number of ether oxygens (including phenoxy) is 1. The Hall–Kier alpha value is -1.30. The van der Waals surface area contributed by atoms with Crippen molar-refractivity contribution in [1.82, 2.24) is 14.7 Å². The van der Waals surface area contributed by atoms with Crippen LogP contribution in [-0.4, -0.2) is 77.6 Å². The standard InChI is InChI=1S/C14H25N3O3/c1-11(18)16-7-5-15-6-8-17(10-12(15)9-16)13(19)20-14(2,3)4/h12H,5-10H2,1-4H3. The minimum atomic E-state index is -0.466. The van der Waals surface area contributed by atoms with Gasteiger partial charge in [0.15, 0.2) is 0 Å². The van der Waals surface area contributed by atoms with Crippen molar-refractivity contribution in [3.8, 4) is 0 Å². The molecule has 2 saturated heterocycles. The summed E-state index contributed by atoms with van der Waals surface area (Å²) in [5.74, 6) is 0.110. The minimum Gasteiger partial charge on any atom is -0.444 e. The highest BCUT2D eigenvalue weighted by molar-refractivity contribution is 5.73. The molecule has 0 radical (unpaired) electrons. The largest absolute Gasteiger partial charge is 0.444 e. The minimum absolute atomic E-state index is 0.110. The number of hydrogen-bond acceptors (Lipinski definition) is 4. The first-order valence-electron chi connectivity index (χ1n) is 7.24. The molecule has 2 heterocycles. The second-order valence-electron chi connectivity index (χ2n) is 6.58. The molecule has 1 unspecified atom stereocenters. The molecule has 0 aromatic carbocycles. The third-order valence-electron chi connectivity index (χ3n) is 3.79. The van der Waals surface area contributed by atoms with Crippen LogP contribution < -0.4 is 0 Å². The van der Waals surface area contributed by atoms with E-state index in [2.05, 4.69) is 4.90 Å². The van der Waals surface area contributed by atoms with E-state index < -0.39 is 5.60 Å². The quantitative estimate of drug-likeness (QED) is 0.659. The highest BCUT2D eigenvalue weighted by Gasteiger charge is 2.35. The maximum absolute atomic E-state index is 12.1. The summed E-state index contributed by atoms with van der Waals surface area (Å²) in [6.45, 7) is 11.8. The summed E-state index contributed by atoms with van der Waals surface area (Å²) in [6, 6.07) is 0.230. The molecule has 2 amide bonds. The van der Waals surface area contributed by atoms with Gasteiger partial charge in [-0.15, -0.1) is 0 Å². The van der Waals surface area contributed by atoms with Gasteiger partial charge in [0.25, 0.3) is 0 Å². The predicted molar refractivity (Wildman–Crippen MR) is 75.4 cm³/mol. The van der Waals surface area contributed by atoms with Crippen molar-refractivity contribution in [3.05, 3.63) is 0 Å². The van der Waals surface area contributed by atoms with Crippen LogP contribution in [0.5, 0.6) is 0 Å². The third kappa shape index (κ3) is 3.62. The molecule has 0 N–H and O–H groups in total. The van der Waals surface area contributed by atoms with E-state index >= 15 is 0 Å². The molecule has 114 valence electrons. The fraction of sp³-hybridized carbons (Fsp3) is 0.857. The number of amides is 2. The van der Waals surface area contributed by atoms with Gasteiger partial charge in [0.05, 0.1) is 0 Å². The van der Waals surface area contributed by atoms with Gasteiger partial charge in [0.1, 0.15) is 5.60 Å². The summed E-state index contributed by atoms with van der Waals surface area (Å²) in [6.07, 6.45) is -0.253. The van der Waals surface area contributed by atoms with Gasteiger partial charge < -0.3 is 14.5 Å². The molecule has 2 aliphatic heterocycles. The molecular formula is C14H25N3O3. The van der Waals surface area contributed by atoms with Crippen LogP contribution in [0, 0.1) is 0 Å². The molecule has 2 aliphatic rings. The molecule has 6 heteroatoms. The molecule has 20 heavy (non-hydrogen) atoms. The van der Waals surface area contributed by atoms with Gasteiger partial charge in [-0.1, -0.05) is 0 Å². The Labute approximate surface area is 120 Å². The Morgan fingerprint density at radius 3 is 2.10 bits per heavy atom. The summed E-state index contributed by atoms with van der Waals surface area (Å²) in [7, 11) is 0. The van der Waals surface area contributed by atoms with Crippen molar-refractivity contribution in [2.75, 3.05) is 39.3 Å². The van der Waals surface area contributed by atoms with Gasteiger partial charge in [-0.2, -0.15) is 0 Å². The molecule has 0 bridgehead atoms. The van der Waals surface area contributed by atoms with Crippen molar-refractivity contribution < 1.29 is 14.3 Å². The second-order valence-corrected chi connectivity index (χ2v) is 6.58. The summed E-state index contributed by atoms with van der Waals surface area (Å²) < 4.78 is 5.42. The molecule has 2 fully saturated rings. The average Bonchev–Trinajstić information content (AvgIpc) is 2.35. The maximum Gasteiger partial charge on any atom is 0.410 e. The smallest absolute Gasteiger partial charge is 0.410 e. The first-order valence-corrected chi connectivity index (χ1v) is 7.24. The van der Waals surface area contributed by atoms with Crippen LogP contribution in [-0.2, 0) is 9.53 Å². The van der Waals surface area contributed by atoms with Gasteiger partial charge in [0, 0.05) is 52.2 Å². The molecule has 1 atom stereocenters. The Morgan fingerprint density at radius 2 is 1.55 bits per heavy atom. The molecule has 2 rings (SSSR count).